The molecule has 2 aromatic rings. The van der Waals surface area contributed by atoms with Crippen LogP contribution in [-0.2, 0) is 0 Å². The van der Waals surface area contributed by atoms with Gasteiger partial charge in [0, 0.05) is 10.2 Å². The van der Waals surface area contributed by atoms with E-state index < -0.39 is 11.9 Å². The Morgan fingerprint density at radius 1 is 1.19 bits per heavy atom. The molecule has 0 saturated heterocycles. The molecule has 0 aliphatic carbocycles. The van der Waals surface area contributed by atoms with Gasteiger partial charge in [-0.3, -0.25) is 10.1 Å². The van der Waals surface area contributed by atoms with E-state index in [2.05, 4.69) is 42.5 Å². The molecule has 0 aliphatic heterocycles. The number of halogens is 3. The lowest BCUT2D eigenvalue weighted by molar-refractivity contribution is 0.0697. The molecular formula is C16H11Br2ClN2O4S. The summed E-state index contributed by atoms with van der Waals surface area (Å²) in [5, 5.41) is 14.3. The number of ether oxygens (including phenoxy) is 1. The van der Waals surface area contributed by atoms with Gasteiger partial charge < -0.3 is 15.2 Å². The Hall–Kier alpha value is -1.68. The van der Waals surface area contributed by atoms with Crippen molar-refractivity contribution >= 4 is 78.4 Å². The third-order valence-electron chi connectivity index (χ3n) is 3.14. The number of hydrogen-bond acceptors (Lipinski definition) is 4. The molecular weight excluding hydrogens is 512 g/mol. The Labute approximate surface area is 176 Å². The number of amides is 1. The number of nitrogens with one attached hydrogen (secondary N) is 2. The van der Waals surface area contributed by atoms with Crippen LogP contribution in [0.5, 0.6) is 5.75 Å². The van der Waals surface area contributed by atoms with E-state index >= 15 is 0 Å². The summed E-state index contributed by atoms with van der Waals surface area (Å²) in [6.45, 7) is 0. The number of rotatable bonds is 4. The standard InChI is InChI=1S/C16H11Br2ClN2O4S/c1-25-13-10(4-7(17)5-11(13)18)14(22)21-16(26)20-8-2-3-9(15(23)24)12(19)6-8/h2-6H,1H3,(H,23,24)(H2,20,21,22,26). The van der Waals surface area contributed by atoms with Gasteiger partial charge in [-0.2, -0.15) is 0 Å². The van der Waals surface area contributed by atoms with Crippen molar-refractivity contribution in [2.75, 3.05) is 12.4 Å². The Kier molecular flexibility index (Phi) is 6.99. The zero-order valence-corrected chi connectivity index (χ0v) is 17.8. The molecule has 0 radical (unpaired) electrons. The second kappa shape index (κ2) is 8.81. The zero-order valence-electron chi connectivity index (χ0n) is 13.1. The predicted molar refractivity (Wildman–Crippen MR) is 110 cm³/mol. The summed E-state index contributed by atoms with van der Waals surface area (Å²) in [7, 11) is 1.45. The number of carbonyl (C=O) groups excluding carboxylic acids is 1. The van der Waals surface area contributed by atoms with Crippen molar-refractivity contribution in [1.29, 1.82) is 0 Å². The number of hydrogen-bond donors (Lipinski definition) is 3. The van der Waals surface area contributed by atoms with Crippen molar-refractivity contribution in [3.8, 4) is 5.75 Å². The van der Waals surface area contributed by atoms with Gasteiger partial charge in [-0.05, 0) is 58.5 Å². The number of thiocarbonyl (C=S) groups is 1. The molecule has 0 atom stereocenters. The van der Waals surface area contributed by atoms with E-state index in [0.29, 0.717) is 20.4 Å². The first kappa shape index (κ1) is 20.6. The highest BCUT2D eigenvalue weighted by Gasteiger charge is 2.18. The van der Waals surface area contributed by atoms with Crippen LogP contribution in [0.2, 0.25) is 5.02 Å². The molecule has 0 fully saturated rings. The molecule has 136 valence electrons. The molecule has 0 aliphatic rings. The third kappa shape index (κ3) is 4.94. The van der Waals surface area contributed by atoms with E-state index in [4.69, 9.17) is 33.7 Å². The fourth-order valence-electron chi connectivity index (χ4n) is 2.04. The van der Waals surface area contributed by atoms with E-state index in [-0.39, 0.29) is 21.3 Å². The molecule has 0 spiro atoms. The first-order chi connectivity index (χ1) is 12.2. The maximum Gasteiger partial charge on any atom is 0.337 e. The van der Waals surface area contributed by atoms with E-state index in [1.165, 1.54) is 25.3 Å². The second-order valence-electron chi connectivity index (χ2n) is 4.88. The van der Waals surface area contributed by atoms with E-state index in [9.17, 15) is 9.59 Å². The molecule has 10 heteroatoms. The molecule has 26 heavy (non-hydrogen) atoms. The minimum absolute atomic E-state index is 0.0206. The van der Waals surface area contributed by atoms with Gasteiger partial charge in [0.25, 0.3) is 5.91 Å². The largest absolute Gasteiger partial charge is 0.495 e. The summed E-state index contributed by atoms with van der Waals surface area (Å²) in [6, 6.07) is 7.58. The van der Waals surface area contributed by atoms with Crippen LogP contribution in [0.3, 0.4) is 0 Å². The average molecular weight is 523 g/mol. The first-order valence-corrected chi connectivity index (χ1v) is 9.28. The topological polar surface area (TPSA) is 87.7 Å². The van der Waals surface area contributed by atoms with Gasteiger partial charge in [-0.1, -0.05) is 27.5 Å². The van der Waals surface area contributed by atoms with E-state index in [0.717, 1.165) is 0 Å². The Morgan fingerprint density at radius 3 is 2.46 bits per heavy atom. The minimum Gasteiger partial charge on any atom is -0.495 e. The van der Waals surface area contributed by atoms with Crippen molar-refractivity contribution in [1.82, 2.24) is 5.32 Å². The van der Waals surface area contributed by atoms with Gasteiger partial charge in [0.1, 0.15) is 5.75 Å². The molecule has 2 aromatic carbocycles. The number of methoxy groups -OCH3 is 1. The number of aromatic carboxylic acids is 1. The number of anilines is 1. The van der Waals surface area contributed by atoms with E-state index in [1.54, 1.807) is 12.1 Å². The van der Waals surface area contributed by atoms with Crippen LogP contribution in [0, 0.1) is 0 Å². The van der Waals surface area contributed by atoms with Crippen molar-refractivity contribution < 1.29 is 19.4 Å². The van der Waals surface area contributed by atoms with Gasteiger partial charge in [0.05, 0.1) is 27.7 Å². The number of carboxylic acids is 1. The molecule has 2 rings (SSSR count). The summed E-state index contributed by atoms with van der Waals surface area (Å²) in [5.41, 5.74) is 0.681. The SMILES string of the molecule is COc1c(Br)cc(Br)cc1C(=O)NC(=S)Nc1ccc(C(=O)O)c(Cl)c1. The van der Waals surface area contributed by atoms with E-state index in [1.807, 2.05) is 0 Å². The second-order valence-corrected chi connectivity index (χ2v) is 7.46. The van der Waals surface area contributed by atoms with Crippen LogP contribution in [0.25, 0.3) is 0 Å². The molecule has 0 unspecified atom stereocenters. The number of carbonyl (C=O) groups is 2. The van der Waals surface area contributed by atoms with Gasteiger partial charge >= 0.3 is 5.97 Å². The minimum atomic E-state index is -1.13. The highest BCUT2D eigenvalue weighted by Crippen LogP contribution is 2.32. The number of benzene rings is 2. The third-order valence-corrected chi connectivity index (χ3v) is 4.71. The lowest BCUT2D eigenvalue weighted by atomic mass is 10.2. The highest BCUT2D eigenvalue weighted by atomic mass is 79.9. The van der Waals surface area contributed by atoms with Crippen molar-refractivity contribution in [2.45, 2.75) is 0 Å². The highest BCUT2D eigenvalue weighted by molar-refractivity contribution is 9.11. The van der Waals surface area contributed by atoms with Gasteiger partial charge in [-0.25, -0.2) is 4.79 Å². The summed E-state index contributed by atoms with van der Waals surface area (Å²) < 4.78 is 6.53. The Balaban J connectivity index is 2.14. The zero-order chi connectivity index (χ0) is 19.4. The van der Waals surface area contributed by atoms with Crippen LogP contribution in [0.1, 0.15) is 20.7 Å². The fraction of sp³-hybridized carbons (Fsp3) is 0.0625. The summed E-state index contributed by atoms with van der Waals surface area (Å²) in [4.78, 5) is 23.4. The molecule has 0 saturated carbocycles. The molecule has 0 bridgehead atoms. The van der Waals surface area contributed by atoms with Crippen molar-refractivity contribution in [3.63, 3.8) is 0 Å². The summed E-state index contributed by atoms with van der Waals surface area (Å²) in [6.07, 6.45) is 0. The van der Waals surface area contributed by atoms with Gasteiger partial charge in [-0.15, -0.1) is 0 Å². The van der Waals surface area contributed by atoms with Gasteiger partial charge in [0.2, 0.25) is 0 Å². The van der Waals surface area contributed by atoms with Crippen LogP contribution in [-0.4, -0.2) is 29.2 Å². The Bertz CT molecular complexity index is 908. The molecule has 6 nitrogen and oxygen atoms in total. The average Bonchev–Trinajstić information content (AvgIpc) is 2.53. The quantitative estimate of drug-likeness (QED) is 0.505. The smallest absolute Gasteiger partial charge is 0.337 e. The van der Waals surface area contributed by atoms with Crippen molar-refractivity contribution in [3.05, 3.63) is 55.4 Å². The van der Waals surface area contributed by atoms with Crippen molar-refractivity contribution in [2.24, 2.45) is 0 Å². The van der Waals surface area contributed by atoms with Gasteiger partial charge in [0.15, 0.2) is 5.11 Å². The van der Waals surface area contributed by atoms with Crippen LogP contribution < -0.4 is 15.4 Å². The molecule has 1 amide bonds. The maximum absolute atomic E-state index is 12.5. The summed E-state index contributed by atoms with van der Waals surface area (Å²) in [5.74, 6) is -1.25. The molecule has 3 N–H and O–H groups in total. The van der Waals surface area contributed by atoms with Crippen LogP contribution >= 0.6 is 55.7 Å². The lowest BCUT2D eigenvalue weighted by Crippen LogP contribution is -2.34. The van der Waals surface area contributed by atoms with Crippen LogP contribution in [0.4, 0.5) is 5.69 Å². The predicted octanol–water partition coefficient (Wildman–Crippen LogP) is 4.70. The lowest BCUT2D eigenvalue weighted by Gasteiger charge is -2.13. The molecule has 0 heterocycles. The monoisotopic (exact) mass is 520 g/mol. The molecule has 0 aromatic heterocycles. The normalized spacial score (nSPS) is 10.2. The first-order valence-electron chi connectivity index (χ1n) is 6.91. The number of carboxylic acid groups (broad SMARTS) is 1. The summed E-state index contributed by atoms with van der Waals surface area (Å²) >= 11 is 17.7. The van der Waals surface area contributed by atoms with Crippen LogP contribution in [0.15, 0.2) is 39.3 Å². The fourth-order valence-corrected chi connectivity index (χ4v) is 3.89. The Morgan fingerprint density at radius 2 is 1.88 bits per heavy atom. The maximum atomic E-state index is 12.5.